The normalized spacial score (nSPS) is 30.7. The third kappa shape index (κ3) is 1.12. The third-order valence-electron chi connectivity index (χ3n) is 2.62. The molecule has 0 unspecified atom stereocenters. The summed E-state index contributed by atoms with van der Waals surface area (Å²) in [6, 6.07) is 0. The van der Waals surface area contributed by atoms with Crippen molar-refractivity contribution in [2.75, 3.05) is 0 Å². The lowest BCUT2D eigenvalue weighted by molar-refractivity contribution is 0.443. The number of hydrogen-bond acceptors (Lipinski definition) is 0. The Hall–Kier alpha value is 0. The summed E-state index contributed by atoms with van der Waals surface area (Å²) >= 11 is 0. The molecule has 2 fully saturated rings. The number of fused-ring (bicyclic) bond motifs is 2. The molecule has 50 valence electrons. The fraction of sp³-hybridized carbons (Fsp3) is 0.778. The smallest absolute Gasteiger partial charge is 0.0235 e. The maximum Gasteiger partial charge on any atom is -0.0235 e. The molecule has 0 aromatic heterocycles. The van der Waals surface area contributed by atoms with E-state index in [4.69, 9.17) is 0 Å². The van der Waals surface area contributed by atoms with Gasteiger partial charge in [0.2, 0.25) is 0 Å². The molecule has 2 saturated carbocycles. The summed E-state index contributed by atoms with van der Waals surface area (Å²) in [7, 11) is 0. The van der Waals surface area contributed by atoms with Crippen molar-refractivity contribution in [3.05, 3.63) is 11.8 Å². The van der Waals surface area contributed by atoms with Gasteiger partial charge >= 0.3 is 0 Å². The zero-order valence-corrected chi connectivity index (χ0v) is 5.95. The van der Waals surface area contributed by atoms with Gasteiger partial charge in [0.25, 0.3) is 0 Å². The first kappa shape index (κ1) is 5.76. The van der Waals surface area contributed by atoms with E-state index >= 15 is 0 Å². The van der Waals surface area contributed by atoms with Crippen molar-refractivity contribution in [2.45, 2.75) is 44.9 Å². The standard InChI is InChI=1S/C9H14/c1-3-8-5-2-6-9(4-1)7-8/h1-7H2. The second-order valence-electron chi connectivity index (χ2n) is 3.38. The molecule has 0 heteroatoms. The molecule has 2 rings (SSSR count). The first-order valence-corrected chi connectivity index (χ1v) is 4.12. The summed E-state index contributed by atoms with van der Waals surface area (Å²) in [5.41, 5.74) is 0. The minimum Gasteiger partial charge on any atom is -0.0522 e. The Morgan fingerprint density at radius 1 is 0.667 bits per heavy atom. The minimum atomic E-state index is 1.42. The number of rotatable bonds is 0. The van der Waals surface area contributed by atoms with Crippen LogP contribution >= 0.6 is 0 Å². The lowest BCUT2D eigenvalue weighted by Crippen LogP contribution is -2.17. The molecule has 0 atom stereocenters. The van der Waals surface area contributed by atoms with Gasteiger partial charge in [0, 0.05) is 0 Å². The highest BCUT2D eigenvalue weighted by Crippen LogP contribution is 2.42. The molecule has 0 N–H and O–H groups in total. The van der Waals surface area contributed by atoms with Gasteiger partial charge in [-0.1, -0.05) is 12.8 Å². The van der Waals surface area contributed by atoms with Crippen molar-refractivity contribution in [3.63, 3.8) is 0 Å². The molecule has 2 aliphatic carbocycles. The fourth-order valence-electron chi connectivity index (χ4n) is 2.13. The van der Waals surface area contributed by atoms with Gasteiger partial charge in [-0.3, -0.25) is 0 Å². The molecule has 0 nitrogen and oxygen atoms in total. The Balaban J connectivity index is 1.96. The molecular formula is C9H14. The lowest BCUT2D eigenvalue weighted by atomic mass is 9.72. The van der Waals surface area contributed by atoms with Crippen molar-refractivity contribution in [1.82, 2.24) is 0 Å². The van der Waals surface area contributed by atoms with E-state index in [1.165, 1.54) is 44.9 Å². The van der Waals surface area contributed by atoms with Gasteiger partial charge in [0.1, 0.15) is 0 Å². The van der Waals surface area contributed by atoms with E-state index < -0.39 is 0 Å². The van der Waals surface area contributed by atoms with Gasteiger partial charge in [-0.15, -0.1) is 0 Å². The van der Waals surface area contributed by atoms with E-state index in [1.54, 1.807) is 0 Å². The third-order valence-corrected chi connectivity index (χ3v) is 2.62. The van der Waals surface area contributed by atoms with E-state index in [0.717, 1.165) is 0 Å². The van der Waals surface area contributed by atoms with Crippen LogP contribution in [0.3, 0.4) is 0 Å². The van der Waals surface area contributed by atoms with Crippen LogP contribution in [-0.2, 0) is 0 Å². The van der Waals surface area contributed by atoms with Crippen LogP contribution < -0.4 is 0 Å². The van der Waals surface area contributed by atoms with Gasteiger partial charge in [-0.05, 0) is 43.9 Å². The minimum absolute atomic E-state index is 1.42. The second-order valence-corrected chi connectivity index (χ2v) is 3.38. The predicted molar refractivity (Wildman–Crippen MR) is 38.8 cm³/mol. The highest BCUT2D eigenvalue weighted by Gasteiger charge is 2.26. The van der Waals surface area contributed by atoms with Gasteiger partial charge in [0.15, 0.2) is 0 Å². The Bertz CT molecular complexity index is 76.2. The van der Waals surface area contributed by atoms with Crippen molar-refractivity contribution in [2.24, 2.45) is 0 Å². The highest BCUT2D eigenvalue weighted by molar-refractivity contribution is 5.11. The largest absolute Gasteiger partial charge is 0.0522 e. The molecular weight excluding hydrogens is 108 g/mol. The summed E-state index contributed by atoms with van der Waals surface area (Å²) in [5, 5.41) is 0. The molecule has 2 radical (unpaired) electrons. The second kappa shape index (κ2) is 2.32. The van der Waals surface area contributed by atoms with Crippen LogP contribution in [0.5, 0.6) is 0 Å². The first-order chi connectivity index (χ1) is 4.45. The topological polar surface area (TPSA) is 0 Å². The van der Waals surface area contributed by atoms with E-state index in [0.29, 0.717) is 0 Å². The Labute approximate surface area is 57.6 Å². The van der Waals surface area contributed by atoms with E-state index in [9.17, 15) is 0 Å². The molecule has 0 saturated heterocycles. The summed E-state index contributed by atoms with van der Waals surface area (Å²) in [4.78, 5) is 0. The monoisotopic (exact) mass is 122 g/mol. The predicted octanol–water partition coefficient (Wildman–Crippen LogP) is 2.89. The fourth-order valence-corrected chi connectivity index (χ4v) is 2.13. The molecule has 2 bridgehead atoms. The molecule has 0 aromatic rings. The van der Waals surface area contributed by atoms with E-state index in [1.807, 2.05) is 11.8 Å². The average Bonchev–Trinajstić information content (AvgIpc) is 1.88. The van der Waals surface area contributed by atoms with E-state index in [2.05, 4.69) is 0 Å². The van der Waals surface area contributed by atoms with Crippen molar-refractivity contribution < 1.29 is 0 Å². The molecule has 9 heavy (non-hydrogen) atoms. The Kier molecular flexibility index (Phi) is 1.48. The van der Waals surface area contributed by atoms with Crippen LogP contribution in [0.25, 0.3) is 0 Å². The Morgan fingerprint density at radius 3 is 1.44 bits per heavy atom. The molecule has 0 aliphatic heterocycles. The van der Waals surface area contributed by atoms with Crippen molar-refractivity contribution in [3.8, 4) is 0 Å². The van der Waals surface area contributed by atoms with Crippen LogP contribution in [0.15, 0.2) is 0 Å². The molecule has 0 amide bonds. The zero-order chi connectivity index (χ0) is 6.10. The van der Waals surface area contributed by atoms with Gasteiger partial charge in [-0.25, -0.2) is 0 Å². The maximum absolute atomic E-state index is 1.85. The summed E-state index contributed by atoms with van der Waals surface area (Å²) in [5.74, 6) is 3.70. The maximum atomic E-state index is 1.85. The van der Waals surface area contributed by atoms with E-state index in [-0.39, 0.29) is 0 Å². The quantitative estimate of drug-likeness (QED) is 0.463. The van der Waals surface area contributed by atoms with Crippen LogP contribution in [0.1, 0.15) is 44.9 Å². The number of hydrogen-bond donors (Lipinski definition) is 0. The van der Waals surface area contributed by atoms with Crippen molar-refractivity contribution in [1.29, 1.82) is 0 Å². The summed E-state index contributed by atoms with van der Waals surface area (Å²) in [6.07, 6.45) is 10.1. The van der Waals surface area contributed by atoms with Gasteiger partial charge < -0.3 is 0 Å². The Morgan fingerprint density at radius 2 is 1.11 bits per heavy atom. The van der Waals surface area contributed by atoms with Crippen LogP contribution in [0.2, 0.25) is 0 Å². The first-order valence-electron chi connectivity index (χ1n) is 4.12. The summed E-state index contributed by atoms with van der Waals surface area (Å²) in [6.45, 7) is 0. The average molecular weight is 122 g/mol. The SMILES string of the molecule is C1C[C]2CCC[C](C1)C2. The van der Waals surface area contributed by atoms with Gasteiger partial charge in [0.05, 0.1) is 0 Å². The summed E-state index contributed by atoms with van der Waals surface area (Å²) < 4.78 is 0. The zero-order valence-electron chi connectivity index (χ0n) is 5.95. The van der Waals surface area contributed by atoms with Gasteiger partial charge in [-0.2, -0.15) is 0 Å². The van der Waals surface area contributed by atoms with Crippen molar-refractivity contribution >= 4 is 0 Å². The molecule has 0 heterocycles. The lowest BCUT2D eigenvalue weighted by Gasteiger charge is -2.33. The van der Waals surface area contributed by atoms with Crippen LogP contribution in [-0.4, -0.2) is 0 Å². The molecule has 2 aliphatic rings. The van der Waals surface area contributed by atoms with Crippen LogP contribution in [0.4, 0.5) is 0 Å². The highest BCUT2D eigenvalue weighted by atomic mass is 14.3. The molecule has 0 spiro atoms. The molecule has 0 aromatic carbocycles. The van der Waals surface area contributed by atoms with Crippen LogP contribution in [0, 0.1) is 11.8 Å².